The fraction of sp³-hybridized carbons (Fsp3) is 0.143. The van der Waals surface area contributed by atoms with Gasteiger partial charge in [-0.05, 0) is 25.5 Å². The van der Waals surface area contributed by atoms with Crippen LogP contribution in [0.3, 0.4) is 0 Å². The molecule has 0 saturated heterocycles. The number of nitrogens with zero attached hydrogens (tertiary/aromatic N) is 3. The molecule has 1 N–H and O–H groups in total. The molecule has 0 atom stereocenters. The lowest BCUT2D eigenvalue weighted by atomic mass is 10.0. The Balaban J connectivity index is 1.92. The van der Waals surface area contributed by atoms with Crippen LogP contribution >= 0.6 is 0 Å². The van der Waals surface area contributed by atoms with E-state index in [-0.39, 0.29) is 5.43 Å². The number of H-pyrrole nitrogens is 1. The molecule has 0 saturated carbocycles. The SMILES string of the molecule is CCOc1cccc(-n2nc(C)c3c(=O)c(-c4ccccc4C=O)c[nH]c32)n1. The highest BCUT2D eigenvalue weighted by molar-refractivity contribution is 5.90. The Bertz CT molecular complexity index is 1240. The molecule has 0 unspecified atom stereocenters. The van der Waals surface area contributed by atoms with E-state index < -0.39 is 0 Å². The summed E-state index contributed by atoms with van der Waals surface area (Å²) in [4.78, 5) is 32.2. The Hall–Kier alpha value is -3.74. The van der Waals surface area contributed by atoms with Gasteiger partial charge in [0.25, 0.3) is 0 Å². The Morgan fingerprint density at radius 2 is 1.96 bits per heavy atom. The van der Waals surface area contributed by atoms with Crippen molar-refractivity contribution in [2.45, 2.75) is 13.8 Å². The highest BCUT2D eigenvalue weighted by Crippen LogP contribution is 2.23. The average molecular weight is 374 g/mol. The number of benzene rings is 1. The van der Waals surface area contributed by atoms with Gasteiger partial charge >= 0.3 is 0 Å². The minimum Gasteiger partial charge on any atom is -0.478 e. The molecule has 0 aliphatic heterocycles. The van der Waals surface area contributed by atoms with Gasteiger partial charge in [-0.3, -0.25) is 9.59 Å². The van der Waals surface area contributed by atoms with Gasteiger partial charge in [-0.25, -0.2) is 0 Å². The number of ether oxygens (including phenoxy) is 1. The maximum absolute atomic E-state index is 13.2. The van der Waals surface area contributed by atoms with Gasteiger partial charge in [0.1, 0.15) is 5.65 Å². The molecule has 0 spiro atoms. The van der Waals surface area contributed by atoms with E-state index in [0.29, 0.717) is 51.7 Å². The van der Waals surface area contributed by atoms with Crippen LogP contribution in [0.1, 0.15) is 23.0 Å². The largest absolute Gasteiger partial charge is 0.478 e. The van der Waals surface area contributed by atoms with Crippen LogP contribution in [-0.4, -0.2) is 32.6 Å². The maximum atomic E-state index is 13.2. The Morgan fingerprint density at radius 3 is 2.75 bits per heavy atom. The standard InChI is InChI=1S/C21H18N4O3/c1-3-28-18-10-6-9-17(23-18)25-21-19(13(2)24-25)20(27)16(11-22-21)15-8-5-4-7-14(15)12-26/h4-12H,3H2,1-2H3,(H,22,27). The summed E-state index contributed by atoms with van der Waals surface area (Å²) in [5.41, 5.74) is 2.40. The summed E-state index contributed by atoms with van der Waals surface area (Å²) in [6.07, 6.45) is 2.36. The van der Waals surface area contributed by atoms with Crippen LogP contribution in [0.4, 0.5) is 0 Å². The van der Waals surface area contributed by atoms with Gasteiger partial charge in [0.05, 0.1) is 17.7 Å². The van der Waals surface area contributed by atoms with Crippen LogP contribution < -0.4 is 10.2 Å². The molecule has 0 bridgehead atoms. The number of fused-ring (bicyclic) bond motifs is 1. The molecule has 1 aromatic carbocycles. The first-order chi connectivity index (χ1) is 13.6. The molecule has 0 fully saturated rings. The number of hydrogen-bond acceptors (Lipinski definition) is 5. The number of carbonyl (C=O) groups is 1. The maximum Gasteiger partial charge on any atom is 0.215 e. The molecule has 3 aromatic heterocycles. The van der Waals surface area contributed by atoms with Crippen molar-refractivity contribution in [3.05, 3.63) is 70.1 Å². The Labute approximate surface area is 160 Å². The highest BCUT2D eigenvalue weighted by Gasteiger charge is 2.18. The van der Waals surface area contributed by atoms with Crippen molar-refractivity contribution in [3.8, 4) is 22.8 Å². The third-order valence-electron chi connectivity index (χ3n) is 4.48. The summed E-state index contributed by atoms with van der Waals surface area (Å²) in [5, 5.41) is 4.96. The fourth-order valence-corrected chi connectivity index (χ4v) is 3.23. The number of aromatic amines is 1. The van der Waals surface area contributed by atoms with E-state index in [1.54, 1.807) is 54.2 Å². The number of nitrogens with one attached hydrogen (secondary N) is 1. The van der Waals surface area contributed by atoms with Crippen molar-refractivity contribution in [3.63, 3.8) is 0 Å². The molecule has 0 radical (unpaired) electrons. The highest BCUT2D eigenvalue weighted by atomic mass is 16.5. The second kappa shape index (κ2) is 7.11. The molecule has 0 aliphatic rings. The van der Waals surface area contributed by atoms with E-state index in [4.69, 9.17) is 4.74 Å². The minimum atomic E-state index is -0.187. The lowest BCUT2D eigenvalue weighted by Crippen LogP contribution is -2.09. The number of rotatable bonds is 5. The number of carbonyl (C=O) groups excluding carboxylic acids is 1. The first kappa shape index (κ1) is 17.7. The zero-order chi connectivity index (χ0) is 19.7. The van der Waals surface area contributed by atoms with E-state index >= 15 is 0 Å². The lowest BCUT2D eigenvalue weighted by molar-refractivity contribution is 0.112. The predicted molar refractivity (Wildman–Crippen MR) is 106 cm³/mol. The van der Waals surface area contributed by atoms with E-state index in [9.17, 15) is 9.59 Å². The Kier molecular flexibility index (Phi) is 4.49. The molecule has 7 nitrogen and oxygen atoms in total. The zero-order valence-electron chi connectivity index (χ0n) is 15.5. The topological polar surface area (TPSA) is 89.9 Å². The van der Waals surface area contributed by atoms with E-state index in [2.05, 4.69) is 15.1 Å². The third kappa shape index (κ3) is 2.87. The quantitative estimate of drug-likeness (QED) is 0.541. The van der Waals surface area contributed by atoms with Crippen molar-refractivity contribution in [2.75, 3.05) is 6.61 Å². The van der Waals surface area contributed by atoms with Gasteiger partial charge in [0, 0.05) is 23.4 Å². The average Bonchev–Trinajstić information content (AvgIpc) is 3.06. The van der Waals surface area contributed by atoms with Crippen molar-refractivity contribution in [2.24, 2.45) is 0 Å². The monoisotopic (exact) mass is 374 g/mol. The van der Waals surface area contributed by atoms with E-state index in [0.717, 1.165) is 6.29 Å². The van der Waals surface area contributed by atoms with Crippen LogP contribution in [0.25, 0.3) is 28.0 Å². The molecule has 3 heterocycles. The smallest absolute Gasteiger partial charge is 0.215 e. The number of hydrogen-bond donors (Lipinski definition) is 1. The lowest BCUT2D eigenvalue weighted by Gasteiger charge is -2.07. The van der Waals surface area contributed by atoms with Crippen molar-refractivity contribution in [1.29, 1.82) is 0 Å². The third-order valence-corrected chi connectivity index (χ3v) is 4.48. The van der Waals surface area contributed by atoms with E-state index in [1.165, 1.54) is 0 Å². The summed E-state index contributed by atoms with van der Waals surface area (Å²) in [6, 6.07) is 12.4. The molecular weight excluding hydrogens is 356 g/mol. The van der Waals surface area contributed by atoms with Gasteiger partial charge in [0.15, 0.2) is 12.1 Å². The molecule has 140 valence electrons. The molecular formula is C21H18N4O3. The molecule has 0 aliphatic carbocycles. The summed E-state index contributed by atoms with van der Waals surface area (Å²) < 4.78 is 7.04. The molecule has 4 aromatic rings. The predicted octanol–water partition coefficient (Wildman–Crippen LogP) is 3.30. The number of aryl methyl sites for hydroxylation is 1. The van der Waals surface area contributed by atoms with Gasteiger partial charge in [-0.1, -0.05) is 30.3 Å². The van der Waals surface area contributed by atoms with Crippen molar-refractivity contribution < 1.29 is 9.53 Å². The second-order valence-corrected chi connectivity index (χ2v) is 6.22. The van der Waals surface area contributed by atoms with Crippen molar-refractivity contribution >= 4 is 17.3 Å². The summed E-state index contributed by atoms with van der Waals surface area (Å²) in [5.74, 6) is 1.03. The molecule has 4 rings (SSSR count). The van der Waals surface area contributed by atoms with E-state index in [1.807, 2.05) is 13.0 Å². The van der Waals surface area contributed by atoms with Crippen molar-refractivity contribution in [1.82, 2.24) is 19.7 Å². The number of pyridine rings is 2. The second-order valence-electron chi connectivity index (χ2n) is 6.22. The van der Waals surface area contributed by atoms with Crippen LogP contribution in [0.5, 0.6) is 5.88 Å². The molecule has 28 heavy (non-hydrogen) atoms. The number of aromatic nitrogens is 4. The van der Waals surface area contributed by atoms with Gasteiger partial charge in [-0.2, -0.15) is 14.8 Å². The molecule has 0 amide bonds. The Morgan fingerprint density at radius 1 is 1.14 bits per heavy atom. The van der Waals surface area contributed by atoms with Crippen LogP contribution in [0.15, 0.2) is 53.5 Å². The first-order valence-electron chi connectivity index (χ1n) is 8.90. The first-order valence-corrected chi connectivity index (χ1v) is 8.90. The van der Waals surface area contributed by atoms with Crippen LogP contribution in [-0.2, 0) is 0 Å². The van der Waals surface area contributed by atoms with Gasteiger partial charge < -0.3 is 9.72 Å². The van der Waals surface area contributed by atoms with Gasteiger partial charge in [0.2, 0.25) is 11.3 Å². The summed E-state index contributed by atoms with van der Waals surface area (Å²) in [7, 11) is 0. The summed E-state index contributed by atoms with van der Waals surface area (Å²) in [6.45, 7) is 4.17. The number of aldehydes is 1. The van der Waals surface area contributed by atoms with Crippen LogP contribution in [0, 0.1) is 6.92 Å². The van der Waals surface area contributed by atoms with Gasteiger partial charge in [-0.15, -0.1) is 0 Å². The minimum absolute atomic E-state index is 0.187. The normalized spacial score (nSPS) is 10.9. The van der Waals surface area contributed by atoms with Crippen LogP contribution in [0.2, 0.25) is 0 Å². The fourth-order valence-electron chi connectivity index (χ4n) is 3.23. The molecule has 7 heteroatoms. The summed E-state index contributed by atoms with van der Waals surface area (Å²) >= 11 is 0. The zero-order valence-corrected chi connectivity index (χ0v) is 15.5.